The van der Waals surface area contributed by atoms with Gasteiger partial charge in [-0.15, -0.1) is 0 Å². The van der Waals surface area contributed by atoms with Crippen LogP contribution >= 0.6 is 0 Å². The van der Waals surface area contributed by atoms with Gasteiger partial charge in [-0.25, -0.2) is 4.98 Å². The maximum Gasteiger partial charge on any atom is 0.0942 e. The van der Waals surface area contributed by atoms with Crippen molar-refractivity contribution in [1.82, 2.24) is 10.3 Å². The van der Waals surface area contributed by atoms with E-state index in [0.717, 1.165) is 34.1 Å². The molecular weight excluding hydrogens is 380 g/mol. The number of nitrogens with zero attached hydrogens (tertiary/aromatic N) is 2. The van der Waals surface area contributed by atoms with Gasteiger partial charge in [0.25, 0.3) is 0 Å². The van der Waals surface area contributed by atoms with Crippen LogP contribution in [-0.2, 0) is 12.1 Å². The van der Waals surface area contributed by atoms with E-state index in [9.17, 15) is 0 Å². The third-order valence-electron chi connectivity index (χ3n) is 6.00. The number of aromatic nitrogens is 1. The van der Waals surface area contributed by atoms with Crippen LogP contribution < -0.4 is 11.1 Å². The molecule has 1 atom stereocenters. The number of para-hydroxylation sites is 1. The average molecular weight is 409 g/mol. The van der Waals surface area contributed by atoms with Gasteiger partial charge in [0.2, 0.25) is 0 Å². The molecule has 4 nitrogen and oxygen atoms in total. The van der Waals surface area contributed by atoms with Crippen LogP contribution in [0.25, 0.3) is 22.2 Å². The molecule has 0 aliphatic rings. The Morgan fingerprint density at radius 2 is 1.58 bits per heavy atom. The highest BCUT2D eigenvalue weighted by Crippen LogP contribution is 2.34. The molecule has 4 rings (SSSR count). The lowest BCUT2D eigenvalue weighted by molar-refractivity contribution is 0.329. The highest BCUT2D eigenvalue weighted by Gasteiger charge is 2.30. The van der Waals surface area contributed by atoms with Crippen LogP contribution in [0.4, 0.5) is 5.69 Å². The van der Waals surface area contributed by atoms with Gasteiger partial charge in [-0.05, 0) is 24.8 Å². The minimum Gasteiger partial charge on any atom is -0.397 e. The van der Waals surface area contributed by atoms with Gasteiger partial charge in [0.1, 0.15) is 0 Å². The lowest BCUT2D eigenvalue weighted by Gasteiger charge is -2.34. The third kappa shape index (κ3) is 4.07. The zero-order valence-electron chi connectivity index (χ0n) is 17.9. The molecule has 0 spiro atoms. The molecule has 4 aromatic rings. The fourth-order valence-electron chi connectivity index (χ4n) is 4.20. The highest BCUT2D eigenvalue weighted by molar-refractivity contribution is 5.92. The van der Waals surface area contributed by atoms with Gasteiger partial charge in [-0.1, -0.05) is 85.8 Å². The summed E-state index contributed by atoms with van der Waals surface area (Å²) in [5.41, 5.74) is 12.2. The van der Waals surface area contributed by atoms with Crippen LogP contribution in [0.1, 0.15) is 24.5 Å². The molecule has 156 valence electrons. The molecule has 0 fully saturated rings. The predicted octanol–water partition coefficient (Wildman–Crippen LogP) is 5.58. The summed E-state index contributed by atoms with van der Waals surface area (Å²) >= 11 is 0. The Balaban J connectivity index is 1.80. The number of pyridine rings is 1. The summed E-state index contributed by atoms with van der Waals surface area (Å²) in [4.78, 5) is 9.14. The van der Waals surface area contributed by atoms with E-state index in [-0.39, 0.29) is 5.54 Å². The normalized spacial score (nSPS) is 13.1. The fourth-order valence-corrected chi connectivity index (χ4v) is 4.20. The number of hydrogen-bond donors (Lipinski definition) is 2. The Labute approximate surface area is 183 Å². The van der Waals surface area contributed by atoms with Crippen LogP contribution in [0.2, 0.25) is 0 Å². The smallest absolute Gasteiger partial charge is 0.0942 e. The van der Waals surface area contributed by atoms with E-state index in [1.165, 1.54) is 5.56 Å². The van der Waals surface area contributed by atoms with E-state index in [1.807, 2.05) is 54.6 Å². The van der Waals surface area contributed by atoms with Crippen molar-refractivity contribution in [2.45, 2.75) is 25.4 Å². The molecule has 3 N–H and O–H groups in total. The first-order valence-electron chi connectivity index (χ1n) is 10.6. The topological polar surface area (TPSA) is 63.3 Å². The van der Waals surface area contributed by atoms with Crippen molar-refractivity contribution in [2.75, 3.05) is 12.3 Å². The van der Waals surface area contributed by atoms with Gasteiger partial charge in [0.05, 0.1) is 29.0 Å². The van der Waals surface area contributed by atoms with Crippen LogP contribution in [0.15, 0.2) is 89.9 Å². The Hall–Kier alpha value is -3.50. The van der Waals surface area contributed by atoms with Crippen molar-refractivity contribution >= 4 is 23.3 Å². The number of rotatable bonds is 8. The van der Waals surface area contributed by atoms with Gasteiger partial charge in [-0.2, -0.15) is 0 Å². The first-order valence-corrected chi connectivity index (χ1v) is 10.6. The van der Waals surface area contributed by atoms with E-state index in [4.69, 9.17) is 10.7 Å². The molecule has 1 aromatic heterocycles. The SMILES string of the molecule is C=NCC(CC)(NCc1c(N)c(-c2ccccc2)nc2ccccc12)c1ccccc1. The van der Waals surface area contributed by atoms with E-state index in [0.29, 0.717) is 18.8 Å². The maximum atomic E-state index is 6.73. The van der Waals surface area contributed by atoms with Crippen molar-refractivity contribution in [3.8, 4) is 11.3 Å². The van der Waals surface area contributed by atoms with Gasteiger partial charge in [-0.3, -0.25) is 4.99 Å². The minimum atomic E-state index is -0.313. The summed E-state index contributed by atoms with van der Waals surface area (Å²) in [6.07, 6.45) is 0.879. The van der Waals surface area contributed by atoms with Gasteiger partial charge >= 0.3 is 0 Å². The lowest BCUT2D eigenvalue weighted by atomic mass is 9.86. The fraction of sp³-hybridized carbons (Fsp3) is 0.185. The Kier molecular flexibility index (Phi) is 6.10. The van der Waals surface area contributed by atoms with Crippen LogP contribution in [0.5, 0.6) is 0 Å². The Bertz CT molecular complexity index is 1170. The van der Waals surface area contributed by atoms with Gasteiger partial charge < -0.3 is 11.1 Å². The first-order chi connectivity index (χ1) is 15.2. The van der Waals surface area contributed by atoms with Crippen LogP contribution in [0, 0.1) is 0 Å². The van der Waals surface area contributed by atoms with E-state index >= 15 is 0 Å². The molecule has 1 unspecified atom stereocenters. The average Bonchev–Trinajstić information content (AvgIpc) is 2.83. The zero-order chi connectivity index (χ0) is 21.7. The van der Waals surface area contributed by atoms with Crippen molar-refractivity contribution in [2.24, 2.45) is 4.99 Å². The molecule has 0 aliphatic carbocycles. The summed E-state index contributed by atoms with van der Waals surface area (Å²) in [5.74, 6) is 0. The summed E-state index contributed by atoms with van der Waals surface area (Å²) in [5, 5.41) is 4.85. The lowest BCUT2D eigenvalue weighted by Crippen LogP contribution is -2.44. The van der Waals surface area contributed by atoms with Crippen molar-refractivity contribution in [3.63, 3.8) is 0 Å². The molecule has 0 radical (unpaired) electrons. The summed E-state index contributed by atoms with van der Waals surface area (Å²) < 4.78 is 0. The number of anilines is 1. The number of aliphatic imine (C=N–C) groups is 1. The summed E-state index contributed by atoms with van der Waals surface area (Å²) in [7, 11) is 0. The third-order valence-corrected chi connectivity index (χ3v) is 6.00. The highest BCUT2D eigenvalue weighted by atomic mass is 15.0. The summed E-state index contributed by atoms with van der Waals surface area (Å²) in [6.45, 7) is 7.14. The van der Waals surface area contributed by atoms with Crippen molar-refractivity contribution < 1.29 is 0 Å². The van der Waals surface area contributed by atoms with Crippen molar-refractivity contribution in [3.05, 3.63) is 96.1 Å². The summed E-state index contributed by atoms with van der Waals surface area (Å²) in [6, 6.07) is 28.7. The molecule has 1 heterocycles. The van der Waals surface area contributed by atoms with E-state index in [1.54, 1.807) is 0 Å². The minimum absolute atomic E-state index is 0.313. The van der Waals surface area contributed by atoms with Crippen LogP contribution in [-0.4, -0.2) is 18.2 Å². The second-order valence-electron chi connectivity index (χ2n) is 7.77. The molecule has 0 saturated carbocycles. The number of benzene rings is 3. The molecule has 31 heavy (non-hydrogen) atoms. The Morgan fingerprint density at radius 3 is 2.26 bits per heavy atom. The maximum absolute atomic E-state index is 6.73. The second-order valence-corrected chi connectivity index (χ2v) is 7.77. The largest absolute Gasteiger partial charge is 0.397 e. The first kappa shape index (κ1) is 20.8. The zero-order valence-corrected chi connectivity index (χ0v) is 17.9. The number of nitrogens with two attached hydrogens (primary N) is 1. The predicted molar refractivity (Wildman–Crippen MR) is 131 cm³/mol. The molecular formula is C27H28N4. The standard InChI is InChI=1S/C27H28N4/c1-3-27(19-29-2,21-14-8-5-9-15-21)30-18-23-22-16-10-11-17-24(22)31-26(25(23)28)20-12-6-4-7-13-20/h4-17,30H,2-3,18-19,28H2,1H3. The monoisotopic (exact) mass is 408 g/mol. The molecule has 0 aliphatic heterocycles. The number of nitrogen functional groups attached to an aromatic ring is 1. The number of fused-ring (bicyclic) bond motifs is 1. The van der Waals surface area contributed by atoms with E-state index in [2.05, 4.69) is 54.3 Å². The molecule has 0 bridgehead atoms. The number of hydrogen-bond acceptors (Lipinski definition) is 4. The van der Waals surface area contributed by atoms with Gasteiger partial charge in [0, 0.05) is 23.1 Å². The van der Waals surface area contributed by atoms with Gasteiger partial charge in [0.15, 0.2) is 0 Å². The van der Waals surface area contributed by atoms with Crippen molar-refractivity contribution in [1.29, 1.82) is 0 Å². The number of nitrogens with one attached hydrogen (secondary N) is 1. The molecule has 4 heteroatoms. The molecule has 0 saturated heterocycles. The van der Waals surface area contributed by atoms with Crippen LogP contribution in [0.3, 0.4) is 0 Å². The quantitative estimate of drug-likeness (QED) is 0.374. The second kappa shape index (κ2) is 9.11. The molecule has 0 amide bonds. The molecule has 3 aromatic carbocycles. The Morgan fingerprint density at radius 1 is 0.935 bits per heavy atom. The van der Waals surface area contributed by atoms with E-state index < -0.39 is 0 Å².